The Balaban J connectivity index is 2.76. The van der Waals surface area contributed by atoms with E-state index < -0.39 is 5.63 Å². The van der Waals surface area contributed by atoms with Gasteiger partial charge in [0, 0.05) is 15.4 Å². The van der Waals surface area contributed by atoms with Gasteiger partial charge in [0.1, 0.15) is 11.7 Å². The first-order valence-corrected chi connectivity index (χ1v) is 5.97. The average Bonchev–Trinajstić information content (AvgIpc) is 2.39. The van der Waals surface area contributed by atoms with Crippen molar-refractivity contribution in [3.63, 3.8) is 0 Å². The molecule has 0 N–H and O–H groups in total. The van der Waals surface area contributed by atoms with Crippen LogP contribution in [-0.2, 0) is 0 Å². The maximum atomic E-state index is 11.8. The molecule has 0 fully saturated rings. The molecule has 4 nitrogen and oxygen atoms in total. The molecule has 0 saturated carbocycles. The van der Waals surface area contributed by atoms with E-state index in [1.807, 2.05) is 0 Å². The van der Waals surface area contributed by atoms with E-state index in [9.17, 15) is 4.79 Å². The van der Waals surface area contributed by atoms with Gasteiger partial charge in [-0.3, -0.25) is 0 Å². The van der Waals surface area contributed by atoms with Crippen LogP contribution in [-0.4, -0.2) is 5.87 Å². The number of halogens is 1. The van der Waals surface area contributed by atoms with Crippen molar-refractivity contribution < 1.29 is 4.42 Å². The Kier molecular flexibility index (Phi) is 3.48. The maximum absolute atomic E-state index is 11.8. The summed E-state index contributed by atoms with van der Waals surface area (Å²) in [5, 5.41) is 18.3. The van der Waals surface area contributed by atoms with Gasteiger partial charge in [0.25, 0.3) is 0 Å². The summed E-state index contributed by atoms with van der Waals surface area (Å²) in [5.41, 5.74) is -0.238. The van der Waals surface area contributed by atoms with Crippen LogP contribution in [0.3, 0.4) is 0 Å². The number of rotatable bonds is 2. The van der Waals surface area contributed by atoms with E-state index in [1.54, 1.807) is 36.2 Å². The van der Waals surface area contributed by atoms with E-state index >= 15 is 0 Å². The summed E-state index contributed by atoms with van der Waals surface area (Å²) in [6.07, 6.45) is 0. The quantitative estimate of drug-likeness (QED) is 0.369. The van der Waals surface area contributed by atoms with Crippen molar-refractivity contribution in [2.24, 2.45) is 0 Å². The summed E-state index contributed by atoms with van der Waals surface area (Å²) in [5.74, 6) is 1.70. The highest BCUT2D eigenvalue weighted by Crippen LogP contribution is 2.26. The lowest BCUT2D eigenvalue weighted by molar-refractivity contribution is 0.558. The van der Waals surface area contributed by atoms with Gasteiger partial charge in [0.2, 0.25) is 0 Å². The summed E-state index contributed by atoms with van der Waals surface area (Å²) in [4.78, 5) is 11.8. The van der Waals surface area contributed by atoms with Crippen LogP contribution in [0.4, 0.5) is 0 Å². The summed E-state index contributed by atoms with van der Waals surface area (Å²) >= 11 is 3.35. The standard InChI is InChI=1S/C14H6BrN2O2/c1-8(9(6-16)7-17)10-5-11-12(15)3-2-4-13(11)19-14(10)18/h2-5H,1H2/q-1. The monoisotopic (exact) mass is 313 g/mol. The molecule has 0 aliphatic heterocycles. The number of allylic oxidation sites excluding steroid dienone is 2. The third-order valence-corrected chi connectivity index (χ3v) is 3.27. The van der Waals surface area contributed by atoms with E-state index in [0.29, 0.717) is 11.0 Å². The molecule has 2 aromatic rings. The van der Waals surface area contributed by atoms with Crippen molar-refractivity contribution >= 4 is 38.3 Å². The molecule has 0 spiro atoms. The number of fused-ring (bicyclic) bond motifs is 1. The molecule has 1 heterocycles. The number of hydrogen-bond acceptors (Lipinski definition) is 3. The SMILES string of the molecule is C=C(C(=C=[N-])C#N)c1cc2c(Br)cccc2oc1=O. The molecule has 1 aromatic carbocycles. The Hall–Kier alpha value is -2.41. The normalized spacial score (nSPS) is 9.68. The van der Waals surface area contributed by atoms with Crippen LogP contribution in [0.2, 0.25) is 0 Å². The average molecular weight is 314 g/mol. The van der Waals surface area contributed by atoms with E-state index in [4.69, 9.17) is 15.1 Å². The second kappa shape index (κ2) is 5.07. The van der Waals surface area contributed by atoms with Gasteiger partial charge in [-0.25, -0.2) is 10.7 Å². The molecule has 0 amide bonds. The fourth-order valence-electron chi connectivity index (χ4n) is 1.61. The van der Waals surface area contributed by atoms with Crippen molar-refractivity contribution in [3.05, 3.63) is 62.3 Å². The molecular weight excluding hydrogens is 308 g/mol. The highest BCUT2D eigenvalue weighted by molar-refractivity contribution is 9.10. The molecule has 0 unspecified atom stereocenters. The molecule has 0 saturated heterocycles. The first-order valence-electron chi connectivity index (χ1n) is 5.17. The number of benzene rings is 1. The lowest BCUT2D eigenvalue weighted by Gasteiger charge is -2.05. The summed E-state index contributed by atoms with van der Waals surface area (Å²) in [6.45, 7) is 3.61. The van der Waals surface area contributed by atoms with Crippen LogP contribution in [0.15, 0.2) is 50.1 Å². The Labute approximate surface area is 116 Å². The smallest absolute Gasteiger partial charge is 0.344 e. The molecule has 0 atom stereocenters. The van der Waals surface area contributed by atoms with Crippen LogP contribution in [0, 0.1) is 11.3 Å². The molecule has 5 heteroatoms. The van der Waals surface area contributed by atoms with Crippen LogP contribution < -0.4 is 5.63 Å². The second-order valence-corrected chi connectivity index (χ2v) is 4.53. The van der Waals surface area contributed by atoms with Crippen LogP contribution in [0.1, 0.15) is 5.56 Å². The molecule has 0 bridgehead atoms. The summed E-state index contributed by atoms with van der Waals surface area (Å²) in [7, 11) is 0. The minimum Gasteiger partial charge on any atom is -0.762 e. The van der Waals surface area contributed by atoms with Crippen molar-refractivity contribution in [2.45, 2.75) is 0 Å². The van der Waals surface area contributed by atoms with Crippen molar-refractivity contribution in [1.29, 1.82) is 5.26 Å². The summed E-state index contributed by atoms with van der Waals surface area (Å²) < 4.78 is 5.90. The highest BCUT2D eigenvalue weighted by atomic mass is 79.9. The Morgan fingerprint density at radius 2 is 2.21 bits per heavy atom. The molecule has 1 aromatic heterocycles. The summed E-state index contributed by atoms with van der Waals surface area (Å²) in [6, 6.07) is 8.46. The van der Waals surface area contributed by atoms with Crippen LogP contribution in [0.25, 0.3) is 22.0 Å². The van der Waals surface area contributed by atoms with E-state index in [-0.39, 0.29) is 16.7 Å². The number of nitrogens with zero attached hydrogens (tertiary/aromatic N) is 2. The Bertz CT molecular complexity index is 837. The molecular formula is C14H6BrN2O2-. The first-order chi connectivity index (χ1) is 9.08. The van der Waals surface area contributed by atoms with Gasteiger partial charge < -0.3 is 9.83 Å². The van der Waals surface area contributed by atoms with Crippen molar-refractivity contribution in [3.8, 4) is 6.07 Å². The Morgan fingerprint density at radius 3 is 2.84 bits per heavy atom. The molecule has 0 radical (unpaired) electrons. The van der Waals surface area contributed by atoms with Gasteiger partial charge in [0.05, 0.1) is 11.1 Å². The lowest BCUT2D eigenvalue weighted by atomic mass is 10.0. The van der Waals surface area contributed by atoms with Gasteiger partial charge >= 0.3 is 5.63 Å². The second-order valence-electron chi connectivity index (χ2n) is 3.68. The molecule has 2 rings (SSSR count). The molecule has 0 aliphatic carbocycles. The Morgan fingerprint density at radius 1 is 1.47 bits per heavy atom. The topological polar surface area (TPSA) is 76.3 Å². The highest BCUT2D eigenvalue weighted by Gasteiger charge is 2.12. The maximum Gasteiger partial charge on any atom is 0.344 e. The van der Waals surface area contributed by atoms with Crippen molar-refractivity contribution in [2.75, 3.05) is 0 Å². The third kappa shape index (κ3) is 2.27. The zero-order valence-corrected chi connectivity index (χ0v) is 11.2. The molecule has 0 aliphatic rings. The van der Waals surface area contributed by atoms with Gasteiger partial charge in [-0.15, -0.1) is 0 Å². The predicted molar refractivity (Wildman–Crippen MR) is 76.7 cm³/mol. The minimum atomic E-state index is -0.626. The van der Waals surface area contributed by atoms with Gasteiger partial charge in [-0.1, -0.05) is 28.6 Å². The number of nitriles is 1. The lowest BCUT2D eigenvalue weighted by Crippen LogP contribution is -2.07. The zero-order chi connectivity index (χ0) is 14.0. The molecule has 92 valence electrons. The van der Waals surface area contributed by atoms with Crippen LogP contribution >= 0.6 is 15.9 Å². The zero-order valence-electron chi connectivity index (χ0n) is 9.61. The molecule has 19 heavy (non-hydrogen) atoms. The van der Waals surface area contributed by atoms with Gasteiger partial charge in [-0.05, 0) is 18.2 Å². The van der Waals surface area contributed by atoms with Crippen LogP contribution in [0.5, 0.6) is 0 Å². The van der Waals surface area contributed by atoms with E-state index in [1.165, 1.54) is 0 Å². The first kappa shape index (κ1) is 13.0. The fraction of sp³-hybridized carbons (Fsp3) is 0. The van der Waals surface area contributed by atoms with E-state index in [2.05, 4.69) is 22.5 Å². The van der Waals surface area contributed by atoms with E-state index in [0.717, 1.165) is 4.47 Å². The van der Waals surface area contributed by atoms with Gasteiger partial charge in [0.15, 0.2) is 0 Å². The largest absolute Gasteiger partial charge is 0.762 e. The van der Waals surface area contributed by atoms with Gasteiger partial charge in [-0.2, -0.15) is 5.26 Å². The fourth-order valence-corrected chi connectivity index (χ4v) is 2.07. The van der Waals surface area contributed by atoms with Crippen molar-refractivity contribution in [1.82, 2.24) is 0 Å². The third-order valence-electron chi connectivity index (χ3n) is 2.57. The predicted octanol–water partition coefficient (Wildman–Crippen LogP) is 3.26. The minimum absolute atomic E-state index is 0.0661. The number of hydrogen-bond donors (Lipinski definition) is 0.